The quantitative estimate of drug-likeness (QED) is 0.346. The molecule has 0 aromatic heterocycles. The van der Waals surface area contributed by atoms with Crippen LogP contribution in [0, 0.1) is 0 Å². The van der Waals surface area contributed by atoms with Crippen LogP contribution >= 0.6 is 0 Å². The van der Waals surface area contributed by atoms with Gasteiger partial charge in [0, 0.05) is 31.6 Å². The van der Waals surface area contributed by atoms with Crippen molar-refractivity contribution in [3.8, 4) is 0 Å². The number of piperidine rings is 1. The fourth-order valence-corrected chi connectivity index (χ4v) is 3.55. The number of guanidine groups is 1. The summed E-state index contributed by atoms with van der Waals surface area (Å²) in [6.45, 7) is 14.4. The number of hydrogen-bond acceptors (Lipinski definition) is 3. The Morgan fingerprint density at radius 3 is 2.43 bits per heavy atom. The summed E-state index contributed by atoms with van der Waals surface area (Å²) in [5.41, 5.74) is 2.71. The molecule has 0 radical (unpaired) electrons. The minimum Gasteiger partial charge on any atom is -0.393 e. The van der Waals surface area contributed by atoms with Crippen LogP contribution in [0.15, 0.2) is 29.3 Å². The number of aryl methyl sites for hydroxylation is 1. The van der Waals surface area contributed by atoms with Crippen LogP contribution in [0.3, 0.4) is 0 Å². The molecule has 1 heterocycles. The molecule has 28 heavy (non-hydrogen) atoms. The SMILES string of the molecule is CCNC(=NCC(C)(C)c1ccc(CC)cc1)NCCCN1CCC(O)CC1. The van der Waals surface area contributed by atoms with Crippen LogP contribution in [-0.4, -0.2) is 61.3 Å². The van der Waals surface area contributed by atoms with Crippen molar-refractivity contribution in [2.45, 2.75) is 64.9 Å². The lowest BCUT2D eigenvalue weighted by Gasteiger charge is -2.29. The van der Waals surface area contributed by atoms with Crippen molar-refractivity contribution < 1.29 is 5.11 Å². The maximum Gasteiger partial charge on any atom is 0.191 e. The molecule has 0 spiro atoms. The predicted octanol–water partition coefficient (Wildman–Crippen LogP) is 2.93. The molecule has 3 N–H and O–H groups in total. The summed E-state index contributed by atoms with van der Waals surface area (Å²) in [5, 5.41) is 16.4. The van der Waals surface area contributed by atoms with E-state index in [0.29, 0.717) is 0 Å². The molecule has 0 bridgehead atoms. The van der Waals surface area contributed by atoms with E-state index in [1.54, 1.807) is 0 Å². The van der Waals surface area contributed by atoms with Gasteiger partial charge < -0.3 is 20.6 Å². The van der Waals surface area contributed by atoms with E-state index in [2.05, 4.69) is 67.5 Å². The third kappa shape index (κ3) is 7.44. The summed E-state index contributed by atoms with van der Waals surface area (Å²) in [6, 6.07) is 8.93. The van der Waals surface area contributed by atoms with Crippen molar-refractivity contribution in [2.24, 2.45) is 4.99 Å². The molecule has 1 aliphatic heterocycles. The fourth-order valence-electron chi connectivity index (χ4n) is 3.55. The Morgan fingerprint density at radius 2 is 1.82 bits per heavy atom. The maximum atomic E-state index is 9.60. The average molecular weight is 389 g/mol. The standard InChI is InChI=1S/C23H40N4O/c1-5-19-8-10-20(11-9-19)23(3,4)18-26-22(24-6-2)25-14-7-15-27-16-12-21(28)13-17-27/h8-11,21,28H,5-7,12-18H2,1-4H3,(H2,24,25,26). The lowest BCUT2D eigenvalue weighted by Crippen LogP contribution is -2.41. The third-order valence-electron chi connectivity index (χ3n) is 5.62. The van der Waals surface area contributed by atoms with Gasteiger partial charge in [-0.2, -0.15) is 0 Å². The van der Waals surface area contributed by atoms with E-state index < -0.39 is 0 Å². The number of benzene rings is 1. The van der Waals surface area contributed by atoms with E-state index in [9.17, 15) is 5.11 Å². The molecule has 0 unspecified atom stereocenters. The first-order chi connectivity index (χ1) is 13.4. The monoisotopic (exact) mass is 388 g/mol. The third-order valence-corrected chi connectivity index (χ3v) is 5.62. The highest BCUT2D eigenvalue weighted by atomic mass is 16.3. The van der Waals surface area contributed by atoms with Gasteiger partial charge in [-0.15, -0.1) is 0 Å². The van der Waals surface area contributed by atoms with Gasteiger partial charge in [0.25, 0.3) is 0 Å². The highest BCUT2D eigenvalue weighted by Crippen LogP contribution is 2.24. The lowest BCUT2D eigenvalue weighted by molar-refractivity contribution is 0.0823. The summed E-state index contributed by atoms with van der Waals surface area (Å²) in [7, 11) is 0. The molecular formula is C23H40N4O. The van der Waals surface area contributed by atoms with Crippen molar-refractivity contribution in [2.75, 3.05) is 39.3 Å². The Morgan fingerprint density at radius 1 is 1.14 bits per heavy atom. The molecule has 158 valence electrons. The number of nitrogens with one attached hydrogen (secondary N) is 2. The first-order valence-corrected chi connectivity index (χ1v) is 11.0. The number of hydrogen-bond donors (Lipinski definition) is 3. The molecule has 2 rings (SSSR count). The topological polar surface area (TPSA) is 59.9 Å². The number of rotatable bonds is 9. The van der Waals surface area contributed by atoms with E-state index in [1.807, 2.05) is 0 Å². The summed E-state index contributed by atoms with van der Waals surface area (Å²) >= 11 is 0. The van der Waals surface area contributed by atoms with E-state index in [-0.39, 0.29) is 11.5 Å². The van der Waals surface area contributed by atoms with Crippen molar-refractivity contribution in [1.29, 1.82) is 0 Å². The number of aliphatic hydroxyl groups excluding tert-OH is 1. The molecule has 1 saturated heterocycles. The molecule has 1 fully saturated rings. The molecule has 1 aliphatic rings. The fraction of sp³-hybridized carbons (Fsp3) is 0.696. The first kappa shape index (κ1) is 22.7. The zero-order valence-corrected chi connectivity index (χ0v) is 18.3. The summed E-state index contributed by atoms with van der Waals surface area (Å²) in [6.07, 6.45) is 3.88. The molecule has 5 nitrogen and oxygen atoms in total. The molecule has 0 amide bonds. The molecule has 1 aromatic rings. The van der Waals surface area contributed by atoms with Crippen LogP contribution in [0.2, 0.25) is 0 Å². The zero-order chi connectivity index (χ0) is 20.4. The van der Waals surface area contributed by atoms with Gasteiger partial charge in [-0.3, -0.25) is 4.99 Å². The molecule has 0 saturated carbocycles. The Balaban J connectivity index is 1.81. The molecule has 5 heteroatoms. The number of likely N-dealkylation sites (tertiary alicyclic amines) is 1. The Kier molecular flexibility index (Phi) is 9.26. The van der Waals surface area contributed by atoms with E-state index in [1.165, 1.54) is 11.1 Å². The normalized spacial score (nSPS) is 17.0. The summed E-state index contributed by atoms with van der Waals surface area (Å²) in [4.78, 5) is 7.29. The second-order valence-electron chi connectivity index (χ2n) is 8.48. The van der Waals surface area contributed by atoms with Crippen molar-refractivity contribution in [3.63, 3.8) is 0 Å². The van der Waals surface area contributed by atoms with E-state index >= 15 is 0 Å². The minimum atomic E-state index is -0.0941. The van der Waals surface area contributed by atoms with Gasteiger partial charge in [0.2, 0.25) is 0 Å². The number of aliphatic hydroxyl groups is 1. The molecular weight excluding hydrogens is 348 g/mol. The van der Waals surface area contributed by atoms with Gasteiger partial charge in [0.05, 0.1) is 12.6 Å². The van der Waals surface area contributed by atoms with Gasteiger partial charge in [0.15, 0.2) is 5.96 Å². The molecule has 1 aromatic carbocycles. The Bertz CT molecular complexity index is 589. The van der Waals surface area contributed by atoms with Crippen LogP contribution in [0.4, 0.5) is 0 Å². The van der Waals surface area contributed by atoms with Crippen LogP contribution < -0.4 is 10.6 Å². The Hall–Kier alpha value is -1.59. The minimum absolute atomic E-state index is 0.00323. The van der Waals surface area contributed by atoms with Crippen molar-refractivity contribution in [1.82, 2.24) is 15.5 Å². The highest BCUT2D eigenvalue weighted by molar-refractivity contribution is 5.79. The van der Waals surface area contributed by atoms with Crippen molar-refractivity contribution >= 4 is 5.96 Å². The number of nitrogens with zero attached hydrogens (tertiary/aromatic N) is 2. The zero-order valence-electron chi connectivity index (χ0n) is 18.3. The highest BCUT2D eigenvalue weighted by Gasteiger charge is 2.20. The second-order valence-corrected chi connectivity index (χ2v) is 8.48. The van der Waals surface area contributed by atoms with Gasteiger partial charge in [-0.25, -0.2) is 0 Å². The van der Waals surface area contributed by atoms with Gasteiger partial charge in [-0.05, 0) is 50.3 Å². The molecule has 0 atom stereocenters. The van der Waals surface area contributed by atoms with Crippen LogP contribution in [0.1, 0.15) is 58.1 Å². The van der Waals surface area contributed by atoms with Crippen LogP contribution in [-0.2, 0) is 11.8 Å². The molecule has 0 aliphatic carbocycles. The van der Waals surface area contributed by atoms with Gasteiger partial charge in [-0.1, -0.05) is 45.0 Å². The maximum absolute atomic E-state index is 9.60. The average Bonchev–Trinajstić information content (AvgIpc) is 2.70. The van der Waals surface area contributed by atoms with E-state index in [0.717, 1.165) is 70.9 Å². The van der Waals surface area contributed by atoms with Crippen molar-refractivity contribution in [3.05, 3.63) is 35.4 Å². The van der Waals surface area contributed by atoms with Gasteiger partial charge >= 0.3 is 0 Å². The smallest absolute Gasteiger partial charge is 0.191 e. The van der Waals surface area contributed by atoms with E-state index in [4.69, 9.17) is 4.99 Å². The van der Waals surface area contributed by atoms with Gasteiger partial charge in [0.1, 0.15) is 0 Å². The Labute approximate surface area is 171 Å². The second kappa shape index (κ2) is 11.4. The van der Waals surface area contributed by atoms with Crippen LogP contribution in [0.5, 0.6) is 0 Å². The van der Waals surface area contributed by atoms with Crippen LogP contribution in [0.25, 0.3) is 0 Å². The largest absolute Gasteiger partial charge is 0.393 e. The lowest BCUT2D eigenvalue weighted by atomic mass is 9.84. The summed E-state index contributed by atoms with van der Waals surface area (Å²) < 4.78 is 0. The summed E-state index contributed by atoms with van der Waals surface area (Å²) in [5.74, 6) is 0.898. The first-order valence-electron chi connectivity index (χ1n) is 11.0. The predicted molar refractivity (Wildman–Crippen MR) is 119 cm³/mol. The number of aliphatic imine (C=N–C) groups is 1.